The third kappa shape index (κ3) is 4.57. The quantitative estimate of drug-likeness (QED) is 0.772. The number of benzene rings is 1. The van der Waals surface area contributed by atoms with Crippen molar-refractivity contribution in [2.24, 2.45) is 0 Å². The Bertz CT molecular complexity index is 581. The van der Waals surface area contributed by atoms with Gasteiger partial charge in [0, 0.05) is 18.3 Å². The minimum Gasteiger partial charge on any atom is -0.439 e. The molecular formula is C18H24N2O. The van der Waals surface area contributed by atoms with Crippen molar-refractivity contribution in [3.05, 3.63) is 53.2 Å². The number of pyridine rings is 1. The Morgan fingerprint density at radius 2 is 1.95 bits per heavy atom. The minimum absolute atomic E-state index is 0.671. The molecule has 3 heteroatoms. The maximum Gasteiger partial charge on any atom is 0.219 e. The molecule has 3 nitrogen and oxygen atoms in total. The number of rotatable bonds is 7. The first kappa shape index (κ1) is 15.5. The molecule has 0 aliphatic rings. The third-order valence-corrected chi connectivity index (χ3v) is 3.31. The first-order valence-electron chi connectivity index (χ1n) is 7.67. The molecule has 0 saturated heterocycles. The Kier molecular flexibility index (Phi) is 5.76. The van der Waals surface area contributed by atoms with E-state index in [1.54, 1.807) is 0 Å². The summed E-state index contributed by atoms with van der Waals surface area (Å²) < 4.78 is 5.99. The Morgan fingerprint density at radius 1 is 1.14 bits per heavy atom. The zero-order valence-corrected chi connectivity index (χ0v) is 13.1. The summed E-state index contributed by atoms with van der Waals surface area (Å²) in [5.74, 6) is 1.56. The summed E-state index contributed by atoms with van der Waals surface area (Å²) in [5.41, 5.74) is 3.39. The number of aromatic nitrogens is 1. The summed E-state index contributed by atoms with van der Waals surface area (Å²) in [6, 6.07) is 12.2. The highest BCUT2D eigenvalue weighted by Gasteiger charge is 2.06. The van der Waals surface area contributed by atoms with E-state index in [1.807, 2.05) is 31.2 Å². The summed E-state index contributed by atoms with van der Waals surface area (Å²) in [6.07, 6.45) is 2.09. The van der Waals surface area contributed by atoms with Crippen molar-refractivity contribution in [2.45, 2.75) is 40.2 Å². The number of hydrogen-bond acceptors (Lipinski definition) is 3. The lowest BCUT2D eigenvalue weighted by molar-refractivity contribution is 0.455. The van der Waals surface area contributed by atoms with Gasteiger partial charge in [-0.1, -0.05) is 32.0 Å². The van der Waals surface area contributed by atoms with Gasteiger partial charge in [0.2, 0.25) is 5.88 Å². The standard InChI is InChI=1S/C18H24N2O/c1-4-10-19-13-15-11-14(3)20-18(12-15)21-17-9-7-6-8-16(17)5-2/h6-9,11-12,19H,4-5,10,13H2,1-3H3. The van der Waals surface area contributed by atoms with E-state index < -0.39 is 0 Å². The van der Waals surface area contributed by atoms with E-state index in [4.69, 9.17) is 4.74 Å². The molecule has 0 radical (unpaired) electrons. The molecule has 1 aromatic heterocycles. The van der Waals surface area contributed by atoms with Crippen molar-refractivity contribution in [1.82, 2.24) is 10.3 Å². The van der Waals surface area contributed by atoms with Crippen LogP contribution in [-0.2, 0) is 13.0 Å². The smallest absolute Gasteiger partial charge is 0.219 e. The highest BCUT2D eigenvalue weighted by Crippen LogP contribution is 2.25. The molecule has 0 bridgehead atoms. The molecule has 21 heavy (non-hydrogen) atoms. The van der Waals surface area contributed by atoms with Crippen LogP contribution in [0.25, 0.3) is 0 Å². The molecule has 1 heterocycles. The number of para-hydroxylation sites is 1. The number of nitrogens with one attached hydrogen (secondary N) is 1. The molecule has 112 valence electrons. The zero-order chi connectivity index (χ0) is 15.1. The summed E-state index contributed by atoms with van der Waals surface area (Å²) in [7, 11) is 0. The highest BCUT2D eigenvalue weighted by molar-refractivity contribution is 5.37. The summed E-state index contributed by atoms with van der Waals surface area (Å²) in [5, 5.41) is 3.41. The average molecular weight is 284 g/mol. The second kappa shape index (κ2) is 7.79. The molecule has 1 aromatic carbocycles. The number of nitrogens with zero attached hydrogens (tertiary/aromatic N) is 1. The topological polar surface area (TPSA) is 34.2 Å². The van der Waals surface area contributed by atoms with Crippen LogP contribution in [0.15, 0.2) is 36.4 Å². The van der Waals surface area contributed by atoms with E-state index in [1.165, 1.54) is 11.1 Å². The van der Waals surface area contributed by atoms with E-state index in [2.05, 4.69) is 36.3 Å². The molecule has 0 atom stereocenters. The molecule has 2 rings (SSSR count). The third-order valence-electron chi connectivity index (χ3n) is 3.31. The maximum atomic E-state index is 5.99. The van der Waals surface area contributed by atoms with Gasteiger partial charge in [0.05, 0.1) is 0 Å². The van der Waals surface area contributed by atoms with Crippen LogP contribution in [0.4, 0.5) is 0 Å². The van der Waals surface area contributed by atoms with Crippen molar-refractivity contribution >= 4 is 0 Å². The Balaban J connectivity index is 2.15. The van der Waals surface area contributed by atoms with E-state index in [-0.39, 0.29) is 0 Å². The predicted octanol–water partition coefficient (Wildman–Crippen LogP) is 4.24. The lowest BCUT2D eigenvalue weighted by atomic mass is 10.1. The van der Waals surface area contributed by atoms with Crippen molar-refractivity contribution in [2.75, 3.05) is 6.54 Å². The van der Waals surface area contributed by atoms with Gasteiger partial charge in [-0.3, -0.25) is 0 Å². The SMILES string of the molecule is CCCNCc1cc(C)nc(Oc2ccccc2CC)c1. The van der Waals surface area contributed by atoms with Gasteiger partial charge in [-0.25, -0.2) is 4.98 Å². The van der Waals surface area contributed by atoms with Crippen molar-refractivity contribution in [3.8, 4) is 11.6 Å². The molecule has 2 aromatic rings. The van der Waals surface area contributed by atoms with Gasteiger partial charge in [0.1, 0.15) is 5.75 Å². The Hall–Kier alpha value is -1.87. The van der Waals surface area contributed by atoms with E-state index in [0.717, 1.165) is 37.4 Å². The van der Waals surface area contributed by atoms with Crippen molar-refractivity contribution in [3.63, 3.8) is 0 Å². The van der Waals surface area contributed by atoms with Gasteiger partial charge in [0.25, 0.3) is 0 Å². The van der Waals surface area contributed by atoms with Gasteiger partial charge >= 0.3 is 0 Å². The maximum absolute atomic E-state index is 5.99. The van der Waals surface area contributed by atoms with Crippen LogP contribution in [0.3, 0.4) is 0 Å². The largest absolute Gasteiger partial charge is 0.439 e. The van der Waals surface area contributed by atoms with Crippen molar-refractivity contribution in [1.29, 1.82) is 0 Å². The molecule has 0 unspecified atom stereocenters. The lowest BCUT2D eigenvalue weighted by Gasteiger charge is -2.11. The fourth-order valence-electron chi connectivity index (χ4n) is 2.28. The van der Waals surface area contributed by atoms with Gasteiger partial charge in [-0.2, -0.15) is 0 Å². The Morgan fingerprint density at radius 3 is 2.71 bits per heavy atom. The number of aryl methyl sites for hydroxylation is 2. The van der Waals surface area contributed by atoms with Crippen LogP contribution in [-0.4, -0.2) is 11.5 Å². The first-order valence-corrected chi connectivity index (χ1v) is 7.67. The van der Waals surface area contributed by atoms with Crippen LogP contribution in [0.5, 0.6) is 11.6 Å². The molecular weight excluding hydrogens is 260 g/mol. The zero-order valence-electron chi connectivity index (χ0n) is 13.1. The highest BCUT2D eigenvalue weighted by atomic mass is 16.5. The van der Waals surface area contributed by atoms with Crippen LogP contribution < -0.4 is 10.1 Å². The lowest BCUT2D eigenvalue weighted by Crippen LogP contribution is -2.14. The van der Waals surface area contributed by atoms with Gasteiger partial charge in [0.15, 0.2) is 0 Å². The number of hydrogen-bond donors (Lipinski definition) is 1. The monoisotopic (exact) mass is 284 g/mol. The van der Waals surface area contributed by atoms with E-state index in [0.29, 0.717) is 5.88 Å². The fourth-order valence-corrected chi connectivity index (χ4v) is 2.28. The second-order valence-electron chi connectivity index (χ2n) is 5.20. The normalized spacial score (nSPS) is 10.6. The summed E-state index contributed by atoms with van der Waals surface area (Å²) in [6.45, 7) is 8.17. The molecule has 0 saturated carbocycles. The molecule has 0 aliphatic carbocycles. The molecule has 1 N–H and O–H groups in total. The first-order chi connectivity index (χ1) is 10.2. The summed E-state index contributed by atoms with van der Waals surface area (Å²) in [4.78, 5) is 4.48. The second-order valence-corrected chi connectivity index (χ2v) is 5.20. The minimum atomic E-state index is 0.671. The summed E-state index contributed by atoms with van der Waals surface area (Å²) >= 11 is 0. The molecule has 0 spiro atoms. The predicted molar refractivity (Wildman–Crippen MR) is 86.9 cm³/mol. The van der Waals surface area contributed by atoms with Crippen LogP contribution in [0, 0.1) is 6.92 Å². The molecule has 0 fully saturated rings. The van der Waals surface area contributed by atoms with E-state index >= 15 is 0 Å². The van der Waals surface area contributed by atoms with Crippen LogP contribution >= 0.6 is 0 Å². The van der Waals surface area contributed by atoms with E-state index in [9.17, 15) is 0 Å². The Labute approximate surface area is 127 Å². The van der Waals surface area contributed by atoms with Crippen molar-refractivity contribution < 1.29 is 4.74 Å². The van der Waals surface area contributed by atoms with Crippen LogP contribution in [0.1, 0.15) is 37.1 Å². The van der Waals surface area contributed by atoms with Crippen LogP contribution in [0.2, 0.25) is 0 Å². The van der Waals surface area contributed by atoms with Gasteiger partial charge in [-0.15, -0.1) is 0 Å². The van der Waals surface area contributed by atoms with Gasteiger partial charge < -0.3 is 10.1 Å². The fraction of sp³-hybridized carbons (Fsp3) is 0.389. The number of ether oxygens (including phenoxy) is 1. The molecule has 0 aliphatic heterocycles. The average Bonchev–Trinajstić information content (AvgIpc) is 2.47. The van der Waals surface area contributed by atoms with Gasteiger partial charge in [-0.05, 0) is 49.6 Å². The molecule has 0 amide bonds.